The van der Waals surface area contributed by atoms with Crippen molar-refractivity contribution in [3.05, 3.63) is 28.2 Å². The molecule has 2 aromatic rings. The number of hydrazine groups is 1. The topological polar surface area (TPSA) is 137 Å². The Kier molecular flexibility index (Phi) is 3.25. The molecule has 10 nitrogen and oxygen atoms in total. The molecule has 0 amide bonds. The Hall–Kier alpha value is -2.75. The standard InChI is InChI=1S/C9H12N8O2/c1-5-3-6(15-16(5)2)13-8-7(17(18)19)9(14-10)12-4-11-8/h3-4H,10H2,1-2H3,(H2,11,12,13,14,15). The van der Waals surface area contributed by atoms with Crippen LogP contribution in [0.2, 0.25) is 0 Å². The van der Waals surface area contributed by atoms with Gasteiger partial charge in [-0.2, -0.15) is 5.10 Å². The molecule has 0 spiro atoms. The summed E-state index contributed by atoms with van der Waals surface area (Å²) in [4.78, 5) is 17.9. The molecule has 0 bridgehead atoms. The molecule has 0 aliphatic carbocycles. The second-order valence-electron chi connectivity index (χ2n) is 3.74. The van der Waals surface area contributed by atoms with E-state index in [2.05, 4.69) is 25.8 Å². The van der Waals surface area contributed by atoms with Crippen molar-refractivity contribution in [2.24, 2.45) is 12.9 Å². The van der Waals surface area contributed by atoms with Crippen LogP contribution in [0.25, 0.3) is 0 Å². The van der Waals surface area contributed by atoms with Gasteiger partial charge in [0.1, 0.15) is 6.33 Å². The number of hydrogen-bond acceptors (Lipinski definition) is 8. The monoisotopic (exact) mass is 264 g/mol. The van der Waals surface area contributed by atoms with Gasteiger partial charge in [-0.05, 0) is 6.92 Å². The van der Waals surface area contributed by atoms with Crippen LogP contribution >= 0.6 is 0 Å². The van der Waals surface area contributed by atoms with E-state index >= 15 is 0 Å². The lowest BCUT2D eigenvalue weighted by atomic mass is 10.4. The molecule has 0 saturated heterocycles. The van der Waals surface area contributed by atoms with Gasteiger partial charge in [0.15, 0.2) is 5.82 Å². The van der Waals surface area contributed by atoms with E-state index in [0.717, 1.165) is 5.69 Å². The Bertz CT molecular complexity index is 603. The normalized spacial score (nSPS) is 10.3. The maximum absolute atomic E-state index is 11.0. The summed E-state index contributed by atoms with van der Waals surface area (Å²) in [5.41, 5.74) is 2.72. The highest BCUT2D eigenvalue weighted by molar-refractivity contribution is 5.72. The van der Waals surface area contributed by atoms with Gasteiger partial charge in [-0.1, -0.05) is 0 Å². The molecule has 2 aromatic heterocycles. The number of hydrogen-bond donors (Lipinski definition) is 3. The summed E-state index contributed by atoms with van der Waals surface area (Å²) in [6.45, 7) is 1.86. The molecule has 19 heavy (non-hydrogen) atoms. The molecular formula is C9H12N8O2. The number of aryl methyl sites for hydroxylation is 2. The highest BCUT2D eigenvalue weighted by Crippen LogP contribution is 2.30. The largest absolute Gasteiger partial charge is 0.354 e. The van der Waals surface area contributed by atoms with E-state index in [-0.39, 0.29) is 17.3 Å². The molecule has 4 N–H and O–H groups in total. The summed E-state index contributed by atoms with van der Waals surface area (Å²) in [5.74, 6) is 5.58. The van der Waals surface area contributed by atoms with Crippen molar-refractivity contribution < 1.29 is 4.92 Å². The lowest BCUT2D eigenvalue weighted by molar-refractivity contribution is -0.383. The van der Waals surface area contributed by atoms with E-state index in [0.29, 0.717) is 5.82 Å². The maximum Gasteiger partial charge on any atom is 0.354 e. The predicted molar refractivity (Wildman–Crippen MR) is 67.7 cm³/mol. The van der Waals surface area contributed by atoms with Crippen molar-refractivity contribution in [3.63, 3.8) is 0 Å². The van der Waals surface area contributed by atoms with Gasteiger partial charge in [0.05, 0.1) is 4.92 Å². The third-order valence-electron chi connectivity index (χ3n) is 2.50. The van der Waals surface area contributed by atoms with Crippen molar-refractivity contribution in [1.29, 1.82) is 0 Å². The van der Waals surface area contributed by atoms with Crippen LogP contribution < -0.4 is 16.6 Å². The number of nitrogens with one attached hydrogen (secondary N) is 2. The zero-order valence-electron chi connectivity index (χ0n) is 10.3. The molecule has 0 atom stereocenters. The summed E-state index contributed by atoms with van der Waals surface area (Å²) in [5, 5.41) is 17.9. The van der Waals surface area contributed by atoms with E-state index in [9.17, 15) is 10.1 Å². The molecule has 0 saturated carbocycles. The molecule has 0 radical (unpaired) electrons. The first-order valence-corrected chi connectivity index (χ1v) is 5.26. The van der Waals surface area contributed by atoms with Crippen LogP contribution in [0, 0.1) is 17.0 Å². The molecule has 0 aliphatic heterocycles. The highest BCUT2D eigenvalue weighted by atomic mass is 16.6. The van der Waals surface area contributed by atoms with Crippen LogP contribution in [0.3, 0.4) is 0 Å². The number of nitrogens with zero attached hydrogens (tertiary/aromatic N) is 5. The lowest BCUT2D eigenvalue weighted by Crippen LogP contribution is -2.12. The van der Waals surface area contributed by atoms with E-state index < -0.39 is 4.92 Å². The number of nitrogen functional groups attached to an aromatic ring is 1. The van der Waals surface area contributed by atoms with Gasteiger partial charge >= 0.3 is 5.69 Å². The zero-order valence-corrected chi connectivity index (χ0v) is 10.3. The fraction of sp³-hybridized carbons (Fsp3) is 0.222. The number of rotatable bonds is 4. The molecule has 100 valence electrons. The van der Waals surface area contributed by atoms with Gasteiger partial charge in [0.2, 0.25) is 11.6 Å². The van der Waals surface area contributed by atoms with E-state index in [1.165, 1.54) is 6.33 Å². The van der Waals surface area contributed by atoms with Crippen molar-refractivity contribution in [2.45, 2.75) is 6.92 Å². The van der Waals surface area contributed by atoms with Crippen LogP contribution in [-0.4, -0.2) is 24.7 Å². The molecule has 0 fully saturated rings. The Morgan fingerprint density at radius 3 is 2.63 bits per heavy atom. The van der Waals surface area contributed by atoms with Crippen LogP contribution in [0.15, 0.2) is 12.4 Å². The van der Waals surface area contributed by atoms with E-state index in [1.807, 2.05) is 6.92 Å². The maximum atomic E-state index is 11.0. The third kappa shape index (κ3) is 2.42. The molecular weight excluding hydrogens is 252 g/mol. The molecule has 2 heterocycles. The minimum Gasteiger partial charge on any atom is -0.317 e. The molecule has 0 unspecified atom stereocenters. The van der Waals surface area contributed by atoms with Crippen molar-refractivity contribution in [3.8, 4) is 0 Å². The first-order chi connectivity index (χ1) is 9.02. The molecule has 0 aliphatic rings. The Morgan fingerprint density at radius 1 is 1.42 bits per heavy atom. The fourth-order valence-corrected chi connectivity index (χ4v) is 1.49. The van der Waals surface area contributed by atoms with Crippen molar-refractivity contribution in [2.75, 3.05) is 10.7 Å². The lowest BCUT2D eigenvalue weighted by Gasteiger charge is -2.05. The zero-order chi connectivity index (χ0) is 14.0. The van der Waals surface area contributed by atoms with Gasteiger partial charge in [-0.15, -0.1) is 0 Å². The van der Waals surface area contributed by atoms with Crippen LogP contribution in [-0.2, 0) is 7.05 Å². The van der Waals surface area contributed by atoms with Gasteiger partial charge in [-0.3, -0.25) is 14.8 Å². The molecule has 0 aromatic carbocycles. The van der Waals surface area contributed by atoms with E-state index in [1.54, 1.807) is 17.8 Å². The van der Waals surface area contributed by atoms with Crippen molar-refractivity contribution >= 4 is 23.1 Å². The van der Waals surface area contributed by atoms with Gasteiger partial charge in [-0.25, -0.2) is 15.8 Å². The first kappa shape index (κ1) is 12.7. The average molecular weight is 264 g/mol. The third-order valence-corrected chi connectivity index (χ3v) is 2.50. The summed E-state index contributed by atoms with van der Waals surface area (Å²) < 4.78 is 1.64. The van der Waals surface area contributed by atoms with Gasteiger partial charge < -0.3 is 10.7 Å². The van der Waals surface area contributed by atoms with Crippen LogP contribution in [0.1, 0.15) is 5.69 Å². The summed E-state index contributed by atoms with van der Waals surface area (Å²) >= 11 is 0. The molecule has 10 heteroatoms. The second-order valence-corrected chi connectivity index (χ2v) is 3.74. The summed E-state index contributed by atoms with van der Waals surface area (Å²) in [7, 11) is 1.77. The highest BCUT2D eigenvalue weighted by Gasteiger charge is 2.23. The Morgan fingerprint density at radius 2 is 2.11 bits per heavy atom. The Balaban J connectivity index is 2.42. The van der Waals surface area contributed by atoms with E-state index in [4.69, 9.17) is 5.84 Å². The minimum atomic E-state index is -0.618. The first-order valence-electron chi connectivity index (χ1n) is 5.26. The predicted octanol–water partition coefficient (Wildman–Crippen LogP) is 0.456. The SMILES string of the molecule is Cc1cc(Nc2ncnc(NN)c2[N+](=O)[O-])nn1C. The summed E-state index contributed by atoms with van der Waals surface area (Å²) in [6, 6.07) is 1.74. The fourth-order valence-electron chi connectivity index (χ4n) is 1.49. The Labute approximate surface area is 107 Å². The molecule has 2 rings (SSSR count). The second kappa shape index (κ2) is 4.86. The van der Waals surface area contributed by atoms with Crippen LogP contribution in [0.4, 0.5) is 23.1 Å². The van der Waals surface area contributed by atoms with Crippen LogP contribution in [0.5, 0.6) is 0 Å². The summed E-state index contributed by atoms with van der Waals surface area (Å²) in [6.07, 6.45) is 1.17. The smallest absolute Gasteiger partial charge is 0.317 e. The minimum absolute atomic E-state index is 0.0195. The quantitative estimate of drug-likeness (QED) is 0.411. The number of anilines is 3. The number of nitro groups is 1. The van der Waals surface area contributed by atoms with Crippen molar-refractivity contribution in [1.82, 2.24) is 19.7 Å². The number of aromatic nitrogens is 4. The average Bonchev–Trinajstić information content (AvgIpc) is 2.67. The van der Waals surface area contributed by atoms with Gasteiger partial charge in [0, 0.05) is 18.8 Å². The number of nitrogens with two attached hydrogens (primary N) is 1. The van der Waals surface area contributed by atoms with Gasteiger partial charge in [0.25, 0.3) is 0 Å².